The van der Waals surface area contributed by atoms with Crippen molar-refractivity contribution in [3.63, 3.8) is 0 Å². The normalized spacial score (nSPS) is 37.8. The predicted octanol–water partition coefficient (Wildman–Crippen LogP) is 3.04. The zero-order chi connectivity index (χ0) is 15.0. The Labute approximate surface area is 125 Å². The molecule has 2 rings (SSSR count). The average Bonchev–Trinajstić information content (AvgIpc) is 2.34. The molecule has 1 aliphatic heterocycles. The number of nitrogens with one attached hydrogen (secondary N) is 1. The van der Waals surface area contributed by atoms with E-state index in [1.807, 2.05) is 0 Å². The minimum atomic E-state index is -0.0425. The summed E-state index contributed by atoms with van der Waals surface area (Å²) in [5, 5.41) is 3.57. The van der Waals surface area contributed by atoms with Crippen LogP contribution in [0, 0.1) is 5.92 Å². The molecule has 0 spiro atoms. The molecule has 0 radical (unpaired) electrons. The van der Waals surface area contributed by atoms with E-state index in [1.165, 1.54) is 25.7 Å². The van der Waals surface area contributed by atoms with Crippen LogP contribution in [-0.2, 0) is 4.74 Å². The summed E-state index contributed by atoms with van der Waals surface area (Å²) in [5.41, 5.74) is -0.0849. The van der Waals surface area contributed by atoms with Gasteiger partial charge in [-0.15, -0.1) is 0 Å². The lowest BCUT2D eigenvalue weighted by Crippen LogP contribution is -2.63. The maximum absolute atomic E-state index is 6.24. The van der Waals surface area contributed by atoms with Crippen LogP contribution in [0.25, 0.3) is 0 Å². The fraction of sp³-hybridized carbons (Fsp3) is 1.00. The second kappa shape index (κ2) is 5.94. The van der Waals surface area contributed by atoms with Gasteiger partial charge in [-0.3, -0.25) is 4.90 Å². The van der Waals surface area contributed by atoms with Crippen molar-refractivity contribution in [2.45, 2.75) is 83.6 Å². The quantitative estimate of drug-likeness (QED) is 0.861. The van der Waals surface area contributed by atoms with Crippen LogP contribution < -0.4 is 5.32 Å². The van der Waals surface area contributed by atoms with E-state index < -0.39 is 0 Å². The van der Waals surface area contributed by atoms with Crippen LogP contribution in [0.4, 0.5) is 0 Å². The molecule has 0 aromatic rings. The first kappa shape index (κ1) is 16.3. The molecule has 118 valence electrons. The number of ether oxygens (including phenoxy) is 1. The zero-order valence-electron chi connectivity index (χ0n) is 14.3. The first-order chi connectivity index (χ1) is 9.26. The van der Waals surface area contributed by atoms with Gasteiger partial charge in [0, 0.05) is 25.2 Å². The molecule has 1 heterocycles. The number of likely N-dealkylation sites (N-methyl/N-ethyl adjacent to an activating group) is 1. The Morgan fingerprint density at radius 1 is 1.10 bits per heavy atom. The molecule has 3 atom stereocenters. The Bertz CT molecular complexity index is 311. The third-order valence-electron chi connectivity index (χ3n) is 5.06. The lowest BCUT2D eigenvalue weighted by atomic mass is 9.79. The van der Waals surface area contributed by atoms with Crippen molar-refractivity contribution in [2.75, 3.05) is 20.1 Å². The fourth-order valence-corrected chi connectivity index (χ4v) is 4.42. The number of morpholine rings is 1. The van der Waals surface area contributed by atoms with E-state index in [1.54, 1.807) is 0 Å². The molecule has 0 aromatic carbocycles. The third-order valence-corrected chi connectivity index (χ3v) is 5.06. The molecule has 3 nitrogen and oxygen atoms in total. The largest absolute Gasteiger partial charge is 0.367 e. The van der Waals surface area contributed by atoms with E-state index in [9.17, 15) is 0 Å². The highest BCUT2D eigenvalue weighted by atomic mass is 16.5. The Kier molecular flexibility index (Phi) is 4.83. The van der Waals surface area contributed by atoms with Crippen LogP contribution in [0.5, 0.6) is 0 Å². The summed E-state index contributed by atoms with van der Waals surface area (Å²) in [6.07, 6.45) is 5.37. The summed E-state index contributed by atoms with van der Waals surface area (Å²) >= 11 is 0. The van der Waals surface area contributed by atoms with Gasteiger partial charge < -0.3 is 10.1 Å². The summed E-state index contributed by atoms with van der Waals surface area (Å²) in [5.74, 6) is 0.902. The van der Waals surface area contributed by atoms with Crippen LogP contribution in [-0.4, -0.2) is 48.3 Å². The van der Waals surface area contributed by atoms with Crippen molar-refractivity contribution in [3.8, 4) is 0 Å². The Hall–Kier alpha value is -0.120. The predicted molar refractivity (Wildman–Crippen MR) is 85.1 cm³/mol. The van der Waals surface area contributed by atoms with E-state index >= 15 is 0 Å². The van der Waals surface area contributed by atoms with Gasteiger partial charge >= 0.3 is 0 Å². The van der Waals surface area contributed by atoms with Crippen molar-refractivity contribution in [3.05, 3.63) is 0 Å². The van der Waals surface area contributed by atoms with Gasteiger partial charge in [-0.05, 0) is 59.9 Å². The Morgan fingerprint density at radius 2 is 1.70 bits per heavy atom. The molecule has 3 unspecified atom stereocenters. The van der Waals surface area contributed by atoms with Gasteiger partial charge in [0.2, 0.25) is 0 Å². The van der Waals surface area contributed by atoms with Crippen molar-refractivity contribution in [2.24, 2.45) is 5.92 Å². The molecule has 3 heteroatoms. The van der Waals surface area contributed by atoms with Crippen LogP contribution >= 0.6 is 0 Å². The minimum Gasteiger partial charge on any atom is -0.367 e. The van der Waals surface area contributed by atoms with Gasteiger partial charge in [-0.1, -0.05) is 13.3 Å². The molecule has 0 bridgehead atoms. The van der Waals surface area contributed by atoms with Crippen LogP contribution in [0.1, 0.15) is 60.3 Å². The molecular formula is C17H34N2O. The maximum Gasteiger partial charge on any atom is 0.0760 e. The second-order valence-corrected chi connectivity index (χ2v) is 8.08. The summed E-state index contributed by atoms with van der Waals surface area (Å²) in [6, 6.07) is 1.31. The standard InChI is InChI=1S/C17H34N2O/c1-7-13-8-9-14(18-6)15(10-13)19-11-16(2,3)20-17(4,5)12-19/h13-15,18H,7-12H2,1-6H3. The number of nitrogens with zero attached hydrogens (tertiary/aromatic N) is 1. The fourth-order valence-electron chi connectivity index (χ4n) is 4.42. The zero-order valence-corrected chi connectivity index (χ0v) is 14.3. The highest BCUT2D eigenvalue weighted by molar-refractivity contribution is 4.97. The molecule has 0 amide bonds. The maximum atomic E-state index is 6.24. The summed E-state index contributed by atoms with van der Waals surface area (Å²) in [4.78, 5) is 2.70. The van der Waals surface area contributed by atoms with Gasteiger partial charge in [0.25, 0.3) is 0 Å². The Balaban J connectivity index is 2.14. The van der Waals surface area contributed by atoms with Gasteiger partial charge in [-0.2, -0.15) is 0 Å². The smallest absolute Gasteiger partial charge is 0.0760 e. The monoisotopic (exact) mass is 282 g/mol. The lowest BCUT2D eigenvalue weighted by Gasteiger charge is -2.52. The van der Waals surface area contributed by atoms with Gasteiger partial charge in [0.15, 0.2) is 0 Å². The van der Waals surface area contributed by atoms with E-state index in [-0.39, 0.29) is 11.2 Å². The number of rotatable bonds is 3. The molecule has 1 saturated heterocycles. The highest BCUT2D eigenvalue weighted by Gasteiger charge is 2.43. The molecule has 20 heavy (non-hydrogen) atoms. The lowest BCUT2D eigenvalue weighted by molar-refractivity contribution is -0.191. The first-order valence-electron chi connectivity index (χ1n) is 8.38. The summed E-state index contributed by atoms with van der Waals surface area (Å²) < 4.78 is 6.24. The summed E-state index contributed by atoms with van der Waals surface area (Å²) in [6.45, 7) is 13.4. The molecule has 0 aromatic heterocycles. The molecular weight excluding hydrogens is 248 g/mol. The molecule has 1 N–H and O–H groups in total. The number of hydrogen-bond donors (Lipinski definition) is 1. The van der Waals surface area contributed by atoms with Crippen LogP contribution in [0.2, 0.25) is 0 Å². The van der Waals surface area contributed by atoms with Gasteiger partial charge in [0.05, 0.1) is 11.2 Å². The number of hydrogen-bond acceptors (Lipinski definition) is 3. The van der Waals surface area contributed by atoms with Crippen molar-refractivity contribution < 1.29 is 4.74 Å². The molecule has 1 saturated carbocycles. The van der Waals surface area contributed by atoms with Crippen molar-refractivity contribution in [1.29, 1.82) is 0 Å². The second-order valence-electron chi connectivity index (χ2n) is 8.08. The van der Waals surface area contributed by atoms with E-state index in [4.69, 9.17) is 4.74 Å². The van der Waals surface area contributed by atoms with E-state index in [0.29, 0.717) is 12.1 Å². The van der Waals surface area contributed by atoms with E-state index in [0.717, 1.165) is 19.0 Å². The molecule has 2 fully saturated rings. The van der Waals surface area contributed by atoms with Gasteiger partial charge in [0.1, 0.15) is 0 Å². The van der Waals surface area contributed by atoms with Crippen LogP contribution in [0.3, 0.4) is 0 Å². The molecule has 1 aliphatic carbocycles. The topological polar surface area (TPSA) is 24.5 Å². The highest BCUT2D eigenvalue weighted by Crippen LogP contribution is 2.35. The minimum absolute atomic E-state index is 0.0425. The SMILES string of the molecule is CCC1CCC(NC)C(N2CC(C)(C)OC(C)(C)C2)C1. The van der Waals surface area contributed by atoms with Crippen LogP contribution in [0.15, 0.2) is 0 Å². The third kappa shape index (κ3) is 3.75. The first-order valence-corrected chi connectivity index (χ1v) is 8.38. The van der Waals surface area contributed by atoms with Crippen molar-refractivity contribution >= 4 is 0 Å². The van der Waals surface area contributed by atoms with E-state index in [2.05, 4.69) is 51.9 Å². The Morgan fingerprint density at radius 3 is 2.20 bits per heavy atom. The molecule has 2 aliphatic rings. The van der Waals surface area contributed by atoms with Crippen molar-refractivity contribution in [1.82, 2.24) is 10.2 Å². The van der Waals surface area contributed by atoms with Gasteiger partial charge in [-0.25, -0.2) is 0 Å². The summed E-state index contributed by atoms with van der Waals surface area (Å²) in [7, 11) is 2.13. The average molecular weight is 282 g/mol.